The first-order valence-corrected chi connectivity index (χ1v) is 8.37. The predicted octanol–water partition coefficient (Wildman–Crippen LogP) is 3.25. The van der Waals surface area contributed by atoms with E-state index in [9.17, 15) is 8.78 Å². The number of fused-ring (bicyclic) bond motifs is 1. The SMILES string of the molecule is Cn1cc(-c2cc3nccn3c(-c3ccn(CC4CC4(F)F)c3)n2)cn1. The Kier molecular flexibility index (Phi) is 3.07. The minimum absolute atomic E-state index is 0.0268. The van der Waals surface area contributed by atoms with E-state index in [-0.39, 0.29) is 6.42 Å². The quantitative estimate of drug-likeness (QED) is 0.565. The fraction of sp³-hybridized carbons (Fsp3) is 0.278. The minimum Gasteiger partial charge on any atom is -0.353 e. The molecule has 1 aliphatic rings. The highest BCUT2D eigenvalue weighted by Gasteiger charge is 2.56. The first kappa shape index (κ1) is 15.2. The fourth-order valence-corrected chi connectivity index (χ4v) is 3.24. The van der Waals surface area contributed by atoms with E-state index in [2.05, 4.69) is 10.1 Å². The van der Waals surface area contributed by atoms with Crippen molar-refractivity contribution in [3.8, 4) is 22.6 Å². The number of halogens is 2. The Balaban J connectivity index is 1.56. The fourth-order valence-electron chi connectivity index (χ4n) is 3.24. The lowest BCUT2D eigenvalue weighted by Crippen LogP contribution is -2.03. The third-order valence-corrected chi connectivity index (χ3v) is 4.79. The number of aromatic nitrogens is 6. The van der Waals surface area contributed by atoms with Gasteiger partial charge in [-0.15, -0.1) is 0 Å². The molecule has 5 rings (SSSR count). The molecule has 1 atom stereocenters. The molecule has 0 spiro atoms. The Labute approximate surface area is 147 Å². The van der Waals surface area contributed by atoms with Crippen molar-refractivity contribution < 1.29 is 8.78 Å². The summed E-state index contributed by atoms with van der Waals surface area (Å²) in [5.41, 5.74) is 3.31. The number of nitrogens with zero attached hydrogens (tertiary/aromatic N) is 6. The summed E-state index contributed by atoms with van der Waals surface area (Å²) < 4.78 is 31.8. The number of rotatable bonds is 4. The first-order chi connectivity index (χ1) is 12.5. The average Bonchev–Trinajstić information content (AvgIpc) is 3.12. The second kappa shape index (κ2) is 5.23. The summed E-state index contributed by atoms with van der Waals surface area (Å²) in [6.45, 7) is 0.322. The third-order valence-electron chi connectivity index (χ3n) is 4.79. The topological polar surface area (TPSA) is 52.9 Å². The largest absolute Gasteiger partial charge is 0.353 e. The van der Waals surface area contributed by atoms with Gasteiger partial charge in [-0.05, 0) is 6.07 Å². The van der Waals surface area contributed by atoms with Crippen LogP contribution in [0.5, 0.6) is 0 Å². The second-order valence-corrected chi connectivity index (χ2v) is 6.78. The molecule has 1 aliphatic carbocycles. The van der Waals surface area contributed by atoms with E-state index in [4.69, 9.17) is 4.98 Å². The van der Waals surface area contributed by atoms with Crippen LogP contribution in [0.4, 0.5) is 8.78 Å². The number of hydrogen-bond acceptors (Lipinski definition) is 3. The van der Waals surface area contributed by atoms with Crippen LogP contribution in [-0.4, -0.2) is 34.6 Å². The van der Waals surface area contributed by atoms with Gasteiger partial charge >= 0.3 is 0 Å². The Hall–Kier alpha value is -3.03. The summed E-state index contributed by atoms with van der Waals surface area (Å²) in [7, 11) is 1.85. The lowest BCUT2D eigenvalue weighted by atomic mass is 10.2. The lowest BCUT2D eigenvalue weighted by molar-refractivity contribution is 0.0951. The van der Waals surface area contributed by atoms with Crippen molar-refractivity contribution in [2.45, 2.75) is 18.9 Å². The molecule has 1 saturated carbocycles. The summed E-state index contributed by atoms with van der Waals surface area (Å²) in [6, 6.07) is 3.80. The smallest absolute Gasteiger partial charge is 0.253 e. The number of imidazole rings is 1. The molecule has 0 aliphatic heterocycles. The van der Waals surface area contributed by atoms with Gasteiger partial charge in [-0.1, -0.05) is 0 Å². The standard InChI is InChI=1S/C18H16F2N6/c1-24-9-13(8-22-24)15-6-16-21-3-5-26(16)17(23-15)12-2-4-25(10-12)11-14-7-18(14,19)20/h2-6,8-10,14H,7,11H2,1H3. The molecular formula is C18H16F2N6. The minimum atomic E-state index is -2.51. The highest BCUT2D eigenvalue weighted by Crippen LogP contribution is 2.49. The van der Waals surface area contributed by atoms with Crippen LogP contribution in [0.15, 0.2) is 49.3 Å². The van der Waals surface area contributed by atoms with E-state index in [0.717, 1.165) is 28.3 Å². The van der Waals surface area contributed by atoms with Gasteiger partial charge < -0.3 is 4.57 Å². The van der Waals surface area contributed by atoms with Crippen LogP contribution in [-0.2, 0) is 13.6 Å². The van der Waals surface area contributed by atoms with Gasteiger partial charge in [0, 0.05) is 74.1 Å². The van der Waals surface area contributed by atoms with Crippen LogP contribution < -0.4 is 0 Å². The van der Waals surface area contributed by atoms with Crippen LogP contribution in [0.2, 0.25) is 0 Å². The zero-order valence-electron chi connectivity index (χ0n) is 14.0. The molecule has 0 N–H and O–H groups in total. The van der Waals surface area contributed by atoms with E-state index in [0.29, 0.717) is 6.54 Å². The maximum absolute atomic E-state index is 13.2. The normalized spacial score (nSPS) is 18.5. The van der Waals surface area contributed by atoms with Crippen molar-refractivity contribution in [2.24, 2.45) is 13.0 Å². The van der Waals surface area contributed by atoms with Crippen molar-refractivity contribution in [3.63, 3.8) is 0 Å². The maximum Gasteiger partial charge on any atom is 0.253 e. The van der Waals surface area contributed by atoms with Crippen molar-refractivity contribution in [1.82, 2.24) is 28.7 Å². The summed E-state index contributed by atoms with van der Waals surface area (Å²) >= 11 is 0. The van der Waals surface area contributed by atoms with Crippen LogP contribution in [0.25, 0.3) is 28.3 Å². The van der Waals surface area contributed by atoms with Gasteiger partial charge in [0.05, 0.1) is 11.9 Å². The highest BCUT2D eigenvalue weighted by atomic mass is 19.3. The van der Waals surface area contributed by atoms with Crippen LogP contribution in [0.3, 0.4) is 0 Å². The Morgan fingerprint density at radius 1 is 1.23 bits per heavy atom. The maximum atomic E-state index is 13.2. The van der Waals surface area contributed by atoms with Crippen molar-refractivity contribution >= 4 is 5.65 Å². The molecule has 0 bridgehead atoms. The van der Waals surface area contributed by atoms with Gasteiger partial charge in [0.25, 0.3) is 5.92 Å². The molecular weight excluding hydrogens is 338 g/mol. The summed E-state index contributed by atoms with van der Waals surface area (Å²) in [6.07, 6.45) is 10.9. The number of hydrogen-bond donors (Lipinski definition) is 0. The average molecular weight is 354 g/mol. The highest BCUT2D eigenvalue weighted by molar-refractivity contribution is 5.68. The van der Waals surface area contributed by atoms with Gasteiger partial charge in [0.15, 0.2) is 0 Å². The second-order valence-electron chi connectivity index (χ2n) is 6.78. The summed E-state index contributed by atoms with van der Waals surface area (Å²) in [4.78, 5) is 9.14. The molecule has 4 aromatic rings. The lowest BCUT2D eigenvalue weighted by Gasteiger charge is -2.06. The molecule has 1 unspecified atom stereocenters. The van der Waals surface area contributed by atoms with Crippen LogP contribution >= 0.6 is 0 Å². The van der Waals surface area contributed by atoms with Crippen molar-refractivity contribution in [1.29, 1.82) is 0 Å². The Morgan fingerprint density at radius 2 is 2.08 bits per heavy atom. The van der Waals surface area contributed by atoms with Crippen molar-refractivity contribution in [2.75, 3.05) is 0 Å². The molecule has 0 amide bonds. The van der Waals surface area contributed by atoms with E-state index >= 15 is 0 Å². The van der Waals surface area contributed by atoms with Gasteiger partial charge in [0.1, 0.15) is 11.5 Å². The molecule has 6 nitrogen and oxygen atoms in total. The monoisotopic (exact) mass is 354 g/mol. The van der Waals surface area contributed by atoms with Gasteiger partial charge in [-0.2, -0.15) is 5.10 Å². The molecule has 0 saturated heterocycles. The molecule has 1 fully saturated rings. The summed E-state index contributed by atoms with van der Waals surface area (Å²) in [5.74, 6) is -2.36. The number of aryl methyl sites for hydroxylation is 1. The molecule has 4 aromatic heterocycles. The van der Waals surface area contributed by atoms with E-state index < -0.39 is 11.8 Å². The van der Waals surface area contributed by atoms with Crippen LogP contribution in [0.1, 0.15) is 6.42 Å². The zero-order chi connectivity index (χ0) is 17.9. The molecule has 0 aromatic carbocycles. The third kappa shape index (κ3) is 2.49. The predicted molar refractivity (Wildman–Crippen MR) is 91.7 cm³/mol. The zero-order valence-corrected chi connectivity index (χ0v) is 14.0. The Morgan fingerprint density at radius 3 is 2.81 bits per heavy atom. The number of alkyl halides is 2. The molecule has 8 heteroatoms. The summed E-state index contributed by atoms with van der Waals surface area (Å²) in [5, 5.41) is 4.19. The van der Waals surface area contributed by atoms with Gasteiger partial charge in [-0.3, -0.25) is 9.08 Å². The van der Waals surface area contributed by atoms with Gasteiger partial charge in [0.2, 0.25) is 0 Å². The van der Waals surface area contributed by atoms with Crippen LogP contribution in [0, 0.1) is 5.92 Å². The first-order valence-electron chi connectivity index (χ1n) is 8.37. The van der Waals surface area contributed by atoms with E-state index in [1.807, 2.05) is 52.9 Å². The molecule has 4 heterocycles. The van der Waals surface area contributed by atoms with Gasteiger partial charge in [-0.25, -0.2) is 18.7 Å². The van der Waals surface area contributed by atoms with Crippen molar-refractivity contribution in [3.05, 3.63) is 49.3 Å². The molecule has 0 radical (unpaired) electrons. The molecule has 132 valence electrons. The molecule has 26 heavy (non-hydrogen) atoms. The Bertz CT molecular complexity index is 1110. The van der Waals surface area contributed by atoms with E-state index in [1.165, 1.54) is 0 Å². The van der Waals surface area contributed by atoms with E-state index in [1.54, 1.807) is 17.1 Å².